The van der Waals surface area contributed by atoms with Crippen molar-refractivity contribution in [2.75, 3.05) is 6.61 Å². The lowest BCUT2D eigenvalue weighted by Crippen LogP contribution is -2.11. The first-order valence-electron chi connectivity index (χ1n) is 7.94. The topological polar surface area (TPSA) is 42.1 Å². The number of fused-ring (bicyclic) bond motifs is 3. The molecule has 24 heavy (non-hydrogen) atoms. The number of rotatable bonds is 4. The molecule has 3 aromatic carbocycles. The summed E-state index contributed by atoms with van der Waals surface area (Å²) in [5.41, 5.74) is 3.88. The molecule has 1 N–H and O–H groups in total. The van der Waals surface area contributed by atoms with Crippen LogP contribution >= 0.6 is 0 Å². The molecule has 0 aliphatic rings. The smallest absolute Gasteiger partial charge is 0.200 e. The van der Waals surface area contributed by atoms with E-state index < -0.39 is 0 Å². The third kappa shape index (κ3) is 2.54. The monoisotopic (exact) mass is 315 g/mol. The fourth-order valence-corrected chi connectivity index (χ4v) is 2.99. The number of nitrogens with one attached hydrogen (secondary N) is 1. The van der Waals surface area contributed by atoms with Crippen LogP contribution in [-0.4, -0.2) is 17.4 Å². The van der Waals surface area contributed by atoms with Crippen LogP contribution in [0.4, 0.5) is 0 Å². The first-order valence-corrected chi connectivity index (χ1v) is 7.94. The van der Waals surface area contributed by atoms with Crippen molar-refractivity contribution in [1.82, 2.24) is 4.98 Å². The van der Waals surface area contributed by atoms with Gasteiger partial charge in [0, 0.05) is 21.9 Å². The van der Waals surface area contributed by atoms with E-state index in [0.717, 1.165) is 21.8 Å². The van der Waals surface area contributed by atoms with Crippen LogP contribution in [0, 0.1) is 6.92 Å². The lowest BCUT2D eigenvalue weighted by atomic mass is 10.1. The zero-order valence-corrected chi connectivity index (χ0v) is 13.4. The summed E-state index contributed by atoms with van der Waals surface area (Å²) in [6.07, 6.45) is 0. The Morgan fingerprint density at radius 1 is 0.958 bits per heavy atom. The summed E-state index contributed by atoms with van der Waals surface area (Å²) in [5, 5.41) is 2.27. The molecule has 4 aromatic rings. The summed E-state index contributed by atoms with van der Waals surface area (Å²) in [5.74, 6) is 0.671. The number of ketones is 1. The first-order chi connectivity index (χ1) is 11.7. The summed E-state index contributed by atoms with van der Waals surface area (Å²) >= 11 is 0. The van der Waals surface area contributed by atoms with Gasteiger partial charge in [-0.05, 0) is 24.6 Å². The largest absolute Gasteiger partial charge is 0.483 e. The van der Waals surface area contributed by atoms with Crippen LogP contribution < -0.4 is 4.74 Å². The van der Waals surface area contributed by atoms with E-state index in [0.29, 0.717) is 11.3 Å². The standard InChI is InChI=1S/C21H17NO2/c1-14-10-11-16-17-8-5-9-20(21(17)22-18(16)12-14)24-13-19(23)15-6-3-2-4-7-15/h2-12,22H,13H2,1H3. The second kappa shape index (κ2) is 5.85. The van der Waals surface area contributed by atoms with Crippen molar-refractivity contribution in [3.05, 3.63) is 77.9 Å². The first kappa shape index (κ1) is 14.5. The number of aromatic amines is 1. The SMILES string of the molecule is Cc1ccc2c(c1)[nH]c1c(OCC(=O)c3ccccc3)cccc12. The summed E-state index contributed by atoms with van der Waals surface area (Å²) < 4.78 is 5.81. The van der Waals surface area contributed by atoms with E-state index in [-0.39, 0.29) is 12.4 Å². The van der Waals surface area contributed by atoms with Crippen molar-refractivity contribution in [1.29, 1.82) is 0 Å². The van der Waals surface area contributed by atoms with Crippen molar-refractivity contribution >= 4 is 27.6 Å². The summed E-state index contributed by atoms with van der Waals surface area (Å²) in [6.45, 7) is 2.10. The van der Waals surface area contributed by atoms with E-state index in [9.17, 15) is 4.79 Å². The van der Waals surface area contributed by atoms with Gasteiger partial charge in [0.1, 0.15) is 5.75 Å². The normalized spacial score (nSPS) is 11.0. The molecule has 0 unspecified atom stereocenters. The van der Waals surface area contributed by atoms with Crippen molar-refractivity contribution < 1.29 is 9.53 Å². The van der Waals surface area contributed by atoms with Gasteiger partial charge >= 0.3 is 0 Å². The third-order valence-electron chi connectivity index (χ3n) is 4.21. The average molecular weight is 315 g/mol. The molecular formula is C21H17NO2. The molecule has 0 radical (unpaired) electrons. The van der Waals surface area contributed by atoms with E-state index in [4.69, 9.17) is 4.74 Å². The van der Waals surface area contributed by atoms with Gasteiger partial charge in [0.25, 0.3) is 0 Å². The highest BCUT2D eigenvalue weighted by Crippen LogP contribution is 2.32. The molecule has 0 aliphatic carbocycles. The predicted octanol–water partition coefficient (Wildman–Crippen LogP) is 4.89. The van der Waals surface area contributed by atoms with Gasteiger partial charge < -0.3 is 9.72 Å². The number of benzene rings is 3. The number of carbonyl (C=O) groups excluding carboxylic acids is 1. The van der Waals surface area contributed by atoms with Gasteiger partial charge in [0.15, 0.2) is 12.4 Å². The number of aromatic nitrogens is 1. The molecule has 118 valence electrons. The molecule has 0 fully saturated rings. The zero-order valence-electron chi connectivity index (χ0n) is 13.4. The fourth-order valence-electron chi connectivity index (χ4n) is 2.99. The van der Waals surface area contributed by atoms with Crippen LogP contribution in [0.2, 0.25) is 0 Å². The number of ether oxygens (including phenoxy) is 1. The van der Waals surface area contributed by atoms with E-state index in [1.807, 2.05) is 30.3 Å². The second-order valence-corrected chi connectivity index (χ2v) is 5.93. The van der Waals surface area contributed by atoms with Gasteiger partial charge in [-0.3, -0.25) is 4.79 Å². The molecule has 3 heteroatoms. The van der Waals surface area contributed by atoms with Crippen molar-refractivity contribution in [2.24, 2.45) is 0 Å². The van der Waals surface area contributed by atoms with E-state index in [1.54, 1.807) is 12.1 Å². The quantitative estimate of drug-likeness (QED) is 0.545. The Hall–Kier alpha value is -3.07. The predicted molar refractivity (Wildman–Crippen MR) is 96.8 cm³/mol. The second-order valence-electron chi connectivity index (χ2n) is 5.93. The number of hydrogen-bond acceptors (Lipinski definition) is 2. The van der Waals surface area contributed by atoms with Gasteiger partial charge in [-0.25, -0.2) is 0 Å². The highest BCUT2D eigenvalue weighted by atomic mass is 16.5. The Morgan fingerprint density at radius 3 is 2.62 bits per heavy atom. The molecule has 1 heterocycles. The van der Waals surface area contributed by atoms with E-state index >= 15 is 0 Å². The van der Waals surface area contributed by atoms with E-state index in [2.05, 4.69) is 36.2 Å². The van der Waals surface area contributed by atoms with E-state index in [1.165, 1.54) is 5.56 Å². The maximum absolute atomic E-state index is 12.2. The van der Waals surface area contributed by atoms with Crippen LogP contribution in [0.1, 0.15) is 15.9 Å². The van der Waals surface area contributed by atoms with Crippen LogP contribution in [0.3, 0.4) is 0 Å². The summed E-state index contributed by atoms with van der Waals surface area (Å²) in [4.78, 5) is 15.7. The minimum Gasteiger partial charge on any atom is -0.483 e. The van der Waals surface area contributed by atoms with Gasteiger partial charge in [-0.15, -0.1) is 0 Å². The minimum absolute atomic E-state index is 0.0253. The molecular weight excluding hydrogens is 298 g/mol. The van der Waals surface area contributed by atoms with Gasteiger partial charge in [0.05, 0.1) is 5.52 Å². The Morgan fingerprint density at radius 2 is 1.79 bits per heavy atom. The maximum atomic E-state index is 12.2. The minimum atomic E-state index is -0.0282. The molecule has 0 atom stereocenters. The fraction of sp³-hybridized carbons (Fsp3) is 0.0952. The molecule has 0 bridgehead atoms. The Bertz CT molecular complexity index is 1030. The highest BCUT2D eigenvalue weighted by Gasteiger charge is 2.11. The van der Waals surface area contributed by atoms with Gasteiger partial charge in [0.2, 0.25) is 0 Å². The zero-order chi connectivity index (χ0) is 16.5. The summed E-state index contributed by atoms with van der Waals surface area (Å²) in [7, 11) is 0. The number of carbonyl (C=O) groups is 1. The summed E-state index contributed by atoms with van der Waals surface area (Å²) in [6, 6.07) is 21.5. The molecule has 4 rings (SSSR count). The van der Waals surface area contributed by atoms with Crippen molar-refractivity contribution in [2.45, 2.75) is 6.92 Å². The van der Waals surface area contributed by atoms with Gasteiger partial charge in [-0.2, -0.15) is 0 Å². The molecule has 0 saturated carbocycles. The number of hydrogen-bond donors (Lipinski definition) is 1. The number of Topliss-reactive ketones (excluding diaryl/α,β-unsaturated/α-hetero) is 1. The number of para-hydroxylation sites is 1. The lowest BCUT2D eigenvalue weighted by Gasteiger charge is -2.06. The Labute approximate surface area is 139 Å². The maximum Gasteiger partial charge on any atom is 0.200 e. The van der Waals surface area contributed by atoms with Crippen molar-refractivity contribution in [3.63, 3.8) is 0 Å². The van der Waals surface area contributed by atoms with Gasteiger partial charge in [-0.1, -0.05) is 54.6 Å². The van der Waals surface area contributed by atoms with Crippen LogP contribution in [0.5, 0.6) is 5.75 Å². The Kier molecular flexibility index (Phi) is 3.54. The molecule has 0 spiro atoms. The number of aryl methyl sites for hydroxylation is 1. The molecule has 0 aliphatic heterocycles. The average Bonchev–Trinajstić information content (AvgIpc) is 2.98. The molecule has 0 amide bonds. The van der Waals surface area contributed by atoms with Crippen LogP contribution in [0.15, 0.2) is 66.7 Å². The lowest BCUT2D eigenvalue weighted by molar-refractivity contribution is 0.0922. The molecule has 1 aromatic heterocycles. The Balaban J connectivity index is 1.67. The molecule has 0 saturated heterocycles. The van der Waals surface area contributed by atoms with Crippen LogP contribution in [-0.2, 0) is 0 Å². The van der Waals surface area contributed by atoms with Crippen LogP contribution in [0.25, 0.3) is 21.8 Å². The highest BCUT2D eigenvalue weighted by molar-refractivity contribution is 6.09. The molecule has 3 nitrogen and oxygen atoms in total. The van der Waals surface area contributed by atoms with Crippen molar-refractivity contribution in [3.8, 4) is 5.75 Å². The third-order valence-corrected chi connectivity index (χ3v) is 4.21. The number of H-pyrrole nitrogens is 1.